The Morgan fingerprint density at radius 2 is 1.90 bits per heavy atom. The fraction of sp³-hybridized carbons (Fsp3) is 1.00. The Bertz CT molecular complexity index is 117. The molecule has 2 fully saturated rings. The molecule has 1 heteroatoms. The minimum absolute atomic E-state index is 0.620. The van der Waals surface area contributed by atoms with E-state index in [1.54, 1.807) is 0 Å². The first-order valence-corrected chi connectivity index (χ1v) is 4.40. The van der Waals surface area contributed by atoms with Crippen molar-refractivity contribution in [2.24, 2.45) is 17.8 Å². The van der Waals surface area contributed by atoms with E-state index in [4.69, 9.17) is 4.74 Å². The monoisotopic (exact) mass is 140 g/mol. The highest BCUT2D eigenvalue weighted by molar-refractivity contribution is 4.90. The Labute approximate surface area is 62.8 Å². The third kappa shape index (κ3) is 0.800. The van der Waals surface area contributed by atoms with E-state index in [-0.39, 0.29) is 0 Å². The summed E-state index contributed by atoms with van der Waals surface area (Å²) in [4.78, 5) is 0. The van der Waals surface area contributed by atoms with E-state index < -0.39 is 0 Å². The van der Waals surface area contributed by atoms with Crippen LogP contribution in [0.3, 0.4) is 0 Å². The number of rotatable bonds is 0. The molecule has 0 radical (unpaired) electrons. The summed E-state index contributed by atoms with van der Waals surface area (Å²) in [6, 6.07) is 0. The molecule has 1 heterocycles. The highest BCUT2D eigenvalue weighted by Crippen LogP contribution is 2.42. The minimum atomic E-state index is 0.620. The van der Waals surface area contributed by atoms with Gasteiger partial charge in [-0.25, -0.2) is 0 Å². The summed E-state index contributed by atoms with van der Waals surface area (Å²) < 4.78 is 5.70. The van der Waals surface area contributed by atoms with Gasteiger partial charge >= 0.3 is 0 Å². The molecule has 0 aromatic carbocycles. The van der Waals surface area contributed by atoms with Crippen LogP contribution in [0.5, 0.6) is 0 Å². The largest absolute Gasteiger partial charge is 0.377 e. The molecule has 1 aliphatic heterocycles. The highest BCUT2D eigenvalue weighted by atomic mass is 16.5. The van der Waals surface area contributed by atoms with Crippen LogP contribution in [0.2, 0.25) is 0 Å². The summed E-state index contributed by atoms with van der Waals surface area (Å²) >= 11 is 0. The minimum Gasteiger partial charge on any atom is -0.377 e. The van der Waals surface area contributed by atoms with E-state index in [9.17, 15) is 0 Å². The van der Waals surface area contributed by atoms with Gasteiger partial charge in [0.05, 0.1) is 6.10 Å². The zero-order valence-corrected chi connectivity index (χ0v) is 6.84. The summed E-state index contributed by atoms with van der Waals surface area (Å²) in [5.41, 5.74) is 0. The molecule has 0 bridgehead atoms. The van der Waals surface area contributed by atoms with Crippen molar-refractivity contribution in [2.45, 2.75) is 32.8 Å². The summed E-state index contributed by atoms with van der Waals surface area (Å²) in [6.45, 7) is 5.66. The Morgan fingerprint density at radius 1 is 1.10 bits per heavy atom. The average molecular weight is 140 g/mol. The van der Waals surface area contributed by atoms with Crippen LogP contribution < -0.4 is 0 Å². The van der Waals surface area contributed by atoms with Crippen molar-refractivity contribution in [3.05, 3.63) is 0 Å². The Balaban J connectivity index is 2.09. The van der Waals surface area contributed by atoms with Gasteiger partial charge in [-0.05, 0) is 30.6 Å². The second-order valence-corrected chi connectivity index (χ2v) is 3.99. The third-order valence-corrected chi connectivity index (χ3v) is 3.22. The van der Waals surface area contributed by atoms with E-state index in [1.807, 2.05) is 0 Å². The predicted octanol–water partition coefficient (Wildman–Crippen LogP) is 2.07. The first-order valence-electron chi connectivity index (χ1n) is 4.40. The number of hydrogen-bond donors (Lipinski definition) is 0. The van der Waals surface area contributed by atoms with Crippen molar-refractivity contribution in [3.63, 3.8) is 0 Å². The molecule has 1 nitrogen and oxygen atoms in total. The molecule has 0 amide bonds. The van der Waals surface area contributed by atoms with Gasteiger partial charge < -0.3 is 4.74 Å². The van der Waals surface area contributed by atoms with Gasteiger partial charge in [0.2, 0.25) is 0 Å². The van der Waals surface area contributed by atoms with E-state index in [1.165, 1.54) is 12.8 Å². The first-order chi connectivity index (χ1) is 4.79. The van der Waals surface area contributed by atoms with E-state index >= 15 is 0 Å². The second-order valence-electron chi connectivity index (χ2n) is 3.99. The molecule has 10 heavy (non-hydrogen) atoms. The van der Waals surface area contributed by atoms with Crippen LogP contribution in [0.15, 0.2) is 0 Å². The highest BCUT2D eigenvalue weighted by Gasteiger charge is 2.41. The first kappa shape index (κ1) is 6.66. The van der Waals surface area contributed by atoms with Crippen molar-refractivity contribution in [3.8, 4) is 0 Å². The van der Waals surface area contributed by atoms with E-state index in [0.717, 1.165) is 24.4 Å². The standard InChI is InChI=1S/C9H16O/c1-6-3-4-8-7(2)5-10-9(6)8/h6-9H,3-5H2,1-2H3/t6-,7-,8?,9?/m0/s1. The Morgan fingerprint density at radius 3 is 2.60 bits per heavy atom. The van der Waals surface area contributed by atoms with Crippen molar-refractivity contribution < 1.29 is 4.74 Å². The lowest BCUT2D eigenvalue weighted by molar-refractivity contribution is 0.0708. The van der Waals surface area contributed by atoms with Gasteiger partial charge in [0, 0.05) is 6.61 Å². The lowest BCUT2D eigenvalue weighted by Crippen LogP contribution is -2.16. The average Bonchev–Trinajstić information content (AvgIpc) is 2.41. The van der Waals surface area contributed by atoms with Gasteiger partial charge in [0.1, 0.15) is 0 Å². The number of hydrogen-bond acceptors (Lipinski definition) is 1. The fourth-order valence-corrected chi connectivity index (χ4v) is 2.49. The van der Waals surface area contributed by atoms with Crippen molar-refractivity contribution in [1.29, 1.82) is 0 Å². The fourth-order valence-electron chi connectivity index (χ4n) is 2.49. The lowest BCUT2D eigenvalue weighted by Gasteiger charge is -2.13. The van der Waals surface area contributed by atoms with Crippen LogP contribution in [0.4, 0.5) is 0 Å². The quantitative estimate of drug-likeness (QED) is 0.500. The molecule has 2 rings (SSSR count). The Hall–Kier alpha value is -0.0400. The lowest BCUT2D eigenvalue weighted by atomic mass is 9.93. The third-order valence-electron chi connectivity index (χ3n) is 3.22. The maximum Gasteiger partial charge on any atom is 0.0632 e. The Kier molecular flexibility index (Phi) is 1.48. The van der Waals surface area contributed by atoms with Crippen molar-refractivity contribution in [1.82, 2.24) is 0 Å². The molecule has 4 atom stereocenters. The van der Waals surface area contributed by atoms with Gasteiger partial charge in [-0.1, -0.05) is 13.8 Å². The topological polar surface area (TPSA) is 9.23 Å². The molecule has 58 valence electrons. The van der Waals surface area contributed by atoms with Gasteiger partial charge in [0.25, 0.3) is 0 Å². The molecule has 1 saturated carbocycles. The van der Waals surface area contributed by atoms with Crippen molar-refractivity contribution in [2.75, 3.05) is 6.61 Å². The van der Waals surface area contributed by atoms with Gasteiger partial charge in [-0.15, -0.1) is 0 Å². The molecular formula is C9H16O. The van der Waals surface area contributed by atoms with Crippen LogP contribution in [0.25, 0.3) is 0 Å². The van der Waals surface area contributed by atoms with Gasteiger partial charge in [-0.2, -0.15) is 0 Å². The van der Waals surface area contributed by atoms with E-state index in [2.05, 4.69) is 13.8 Å². The van der Waals surface area contributed by atoms with Crippen LogP contribution in [0, 0.1) is 17.8 Å². The van der Waals surface area contributed by atoms with Crippen LogP contribution >= 0.6 is 0 Å². The summed E-state index contributed by atoms with van der Waals surface area (Å²) in [6.07, 6.45) is 3.42. The second kappa shape index (κ2) is 2.23. The molecule has 2 unspecified atom stereocenters. The van der Waals surface area contributed by atoms with E-state index in [0.29, 0.717) is 6.10 Å². The molecule has 2 aliphatic rings. The summed E-state index contributed by atoms with van der Waals surface area (Å²) in [7, 11) is 0. The molecular weight excluding hydrogens is 124 g/mol. The summed E-state index contributed by atoms with van der Waals surface area (Å²) in [5, 5.41) is 0. The smallest absolute Gasteiger partial charge is 0.0632 e. The van der Waals surface area contributed by atoms with Crippen LogP contribution in [-0.2, 0) is 4.74 Å². The molecule has 0 spiro atoms. The maximum absolute atomic E-state index is 5.70. The van der Waals surface area contributed by atoms with Crippen LogP contribution in [0.1, 0.15) is 26.7 Å². The predicted molar refractivity (Wildman–Crippen MR) is 40.8 cm³/mol. The molecule has 0 aromatic rings. The molecule has 0 N–H and O–H groups in total. The number of fused-ring (bicyclic) bond motifs is 1. The zero-order valence-electron chi connectivity index (χ0n) is 6.84. The maximum atomic E-state index is 5.70. The zero-order chi connectivity index (χ0) is 7.14. The SMILES string of the molecule is C[C@H]1COC2C1CC[C@@H]2C. The summed E-state index contributed by atoms with van der Waals surface area (Å²) in [5.74, 6) is 2.56. The normalized spacial score (nSPS) is 53.4. The number of ether oxygens (including phenoxy) is 1. The molecule has 1 aliphatic carbocycles. The molecule has 1 saturated heterocycles. The van der Waals surface area contributed by atoms with Gasteiger partial charge in [-0.3, -0.25) is 0 Å². The van der Waals surface area contributed by atoms with Crippen LogP contribution in [-0.4, -0.2) is 12.7 Å². The van der Waals surface area contributed by atoms with Crippen molar-refractivity contribution >= 4 is 0 Å². The molecule has 0 aromatic heterocycles. The van der Waals surface area contributed by atoms with Gasteiger partial charge in [0.15, 0.2) is 0 Å².